The van der Waals surface area contributed by atoms with E-state index in [0.29, 0.717) is 26.3 Å². The number of ether oxygens (including phenoxy) is 1. The molecule has 3 rings (SSSR count). The minimum Gasteiger partial charge on any atom is -0.379 e. The summed E-state index contributed by atoms with van der Waals surface area (Å²) in [5.41, 5.74) is 2.10. The molecule has 138 valence electrons. The standard InChI is InChI=1S/C20H24ClN3O2/c21-18-9-5-4-8-17(18)19(24-10-12-26-13-11-24)15-23-20(25)22-14-16-6-2-1-3-7-16/h1-9,19H,10-15H2,(H2,22,23,25). The molecule has 0 spiro atoms. The predicted octanol–water partition coefficient (Wildman–Crippen LogP) is 3.21. The van der Waals surface area contributed by atoms with E-state index in [1.807, 2.05) is 54.6 Å². The molecule has 1 saturated heterocycles. The van der Waals surface area contributed by atoms with Crippen molar-refractivity contribution in [1.82, 2.24) is 15.5 Å². The van der Waals surface area contributed by atoms with E-state index in [4.69, 9.17) is 16.3 Å². The van der Waals surface area contributed by atoms with Crippen molar-refractivity contribution in [1.29, 1.82) is 0 Å². The van der Waals surface area contributed by atoms with Crippen LogP contribution in [0.4, 0.5) is 4.79 Å². The highest BCUT2D eigenvalue weighted by Crippen LogP contribution is 2.27. The van der Waals surface area contributed by atoms with Crippen LogP contribution in [0.25, 0.3) is 0 Å². The second-order valence-corrected chi connectivity index (χ2v) is 6.64. The molecule has 1 aliphatic heterocycles. The van der Waals surface area contributed by atoms with Gasteiger partial charge in [-0.15, -0.1) is 0 Å². The van der Waals surface area contributed by atoms with Crippen LogP contribution in [0.1, 0.15) is 17.2 Å². The van der Waals surface area contributed by atoms with Crippen LogP contribution in [0.5, 0.6) is 0 Å². The molecule has 6 heteroatoms. The van der Waals surface area contributed by atoms with E-state index in [1.165, 1.54) is 0 Å². The van der Waals surface area contributed by atoms with Gasteiger partial charge in [0.05, 0.1) is 19.3 Å². The van der Waals surface area contributed by atoms with Crippen LogP contribution in [0.15, 0.2) is 54.6 Å². The second kappa shape index (κ2) is 9.57. The van der Waals surface area contributed by atoms with Gasteiger partial charge in [0.25, 0.3) is 0 Å². The van der Waals surface area contributed by atoms with Crippen molar-refractivity contribution in [2.75, 3.05) is 32.8 Å². The quantitative estimate of drug-likeness (QED) is 0.817. The smallest absolute Gasteiger partial charge is 0.315 e. The zero-order chi connectivity index (χ0) is 18.2. The number of nitrogens with zero attached hydrogens (tertiary/aromatic N) is 1. The number of amides is 2. The third-order valence-corrected chi connectivity index (χ3v) is 4.85. The lowest BCUT2D eigenvalue weighted by Gasteiger charge is -2.35. The zero-order valence-electron chi connectivity index (χ0n) is 14.7. The highest BCUT2D eigenvalue weighted by atomic mass is 35.5. The first-order valence-electron chi connectivity index (χ1n) is 8.86. The third-order valence-electron chi connectivity index (χ3n) is 4.50. The first kappa shape index (κ1) is 18.7. The maximum absolute atomic E-state index is 12.2. The van der Waals surface area contributed by atoms with Gasteiger partial charge in [-0.3, -0.25) is 4.90 Å². The Hall–Kier alpha value is -2.08. The molecule has 1 heterocycles. The number of carbonyl (C=O) groups is 1. The molecule has 2 N–H and O–H groups in total. The summed E-state index contributed by atoms with van der Waals surface area (Å²) in [7, 11) is 0. The maximum Gasteiger partial charge on any atom is 0.315 e. The molecule has 0 aromatic heterocycles. The summed E-state index contributed by atoms with van der Waals surface area (Å²) in [5.74, 6) is 0. The van der Waals surface area contributed by atoms with Crippen molar-refractivity contribution in [3.8, 4) is 0 Å². The largest absolute Gasteiger partial charge is 0.379 e. The van der Waals surface area contributed by atoms with E-state index < -0.39 is 0 Å². The predicted molar refractivity (Wildman–Crippen MR) is 103 cm³/mol. The average molecular weight is 374 g/mol. The number of hydrogen-bond donors (Lipinski definition) is 2. The molecule has 0 bridgehead atoms. The van der Waals surface area contributed by atoms with Gasteiger partial charge in [0.15, 0.2) is 0 Å². The van der Waals surface area contributed by atoms with E-state index in [0.717, 1.165) is 29.2 Å². The van der Waals surface area contributed by atoms with Gasteiger partial charge in [-0.1, -0.05) is 60.1 Å². The van der Waals surface area contributed by atoms with Gasteiger partial charge in [0.1, 0.15) is 0 Å². The van der Waals surface area contributed by atoms with Crippen LogP contribution >= 0.6 is 11.6 Å². The molecule has 1 atom stereocenters. The Morgan fingerprint density at radius 3 is 2.46 bits per heavy atom. The summed E-state index contributed by atoms with van der Waals surface area (Å²) in [6.07, 6.45) is 0. The molecule has 1 fully saturated rings. The number of carbonyl (C=O) groups excluding carboxylic acids is 1. The van der Waals surface area contributed by atoms with Crippen LogP contribution in [-0.4, -0.2) is 43.8 Å². The molecule has 0 radical (unpaired) electrons. The van der Waals surface area contributed by atoms with Crippen molar-refractivity contribution in [2.24, 2.45) is 0 Å². The number of halogens is 1. The zero-order valence-corrected chi connectivity index (χ0v) is 15.4. The number of rotatable bonds is 6. The number of urea groups is 1. The maximum atomic E-state index is 12.2. The Balaban J connectivity index is 1.60. The summed E-state index contributed by atoms with van der Waals surface area (Å²) >= 11 is 6.41. The number of nitrogens with one attached hydrogen (secondary N) is 2. The molecule has 2 aromatic carbocycles. The van der Waals surface area contributed by atoms with Crippen LogP contribution in [0.3, 0.4) is 0 Å². The van der Waals surface area contributed by atoms with Crippen LogP contribution in [-0.2, 0) is 11.3 Å². The molecule has 2 amide bonds. The Morgan fingerprint density at radius 2 is 1.73 bits per heavy atom. The molecular weight excluding hydrogens is 350 g/mol. The summed E-state index contributed by atoms with van der Waals surface area (Å²) in [6.45, 7) is 4.03. The summed E-state index contributed by atoms with van der Waals surface area (Å²) in [4.78, 5) is 14.5. The van der Waals surface area contributed by atoms with E-state index in [-0.39, 0.29) is 12.1 Å². The lowest BCUT2D eigenvalue weighted by molar-refractivity contribution is 0.0167. The van der Waals surface area contributed by atoms with Crippen molar-refractivity contribution in [3.63, 3.8) is 0 Å². The van der Waals surface area contributed by atoms with E-state index in [1.54, 1.807) is 0 Å². The topological polar surface area (TPSA) is 53.6 Å². The first-order chi connectivity index (χ1) is 12.7. The number of hydrogen-bond acceptors (Lipinski definition) is 3. The molecule has 5 nitrogen and oxygen atoms in total. The lowest BCUT2D eigenvalue weighted by atomic mass is 10.0. The summed E-state index contributed by atoms with van der Waals surface area (Å²) in [5, 5.41) is 6.60. The Kier molecular flexibility index (Phi) is 6.89. The first-order valence-corrected chi connectivity index (χ1v) is 9.23. The third kappa shape index (κ3) is 5.21. The summed E-state index contributed by atoms with van der Waals surface area (Å²) < 4.78 is 5.45. The van der Waals surface area contributed by atoms with Crippen LogP contribution in [0.2, 0.25) is 5.02 Å². The van der Waals surface area contributed by atoms with Crippen molar-refractivity contribution in [2.45, 2.75) is 12.6 Å². The molecule has 26 heavy (non-hydrogen) atoms. The SMILES string of the molecule is O=C(NCc1ccccc1)NCC(c1ccccc1Cl)N1CCOCC1. The highest BCUT2D eigenvalue weighted by molar-refractivity contribution is 6.31. The monoisotopic (exact) mass is 373 g/mol. The second-order valence-electron chi connectivity index (χ2n) is 6.23. The van der Waals surface area contributed by atoms with Gasteiger partial charge in [0.2, 0.25) is 0 Å². The fourth-order valence-corrected chi connectivity index (χ4v) is 3.36. The minimum atomic E-state index is -0.181. The normalized spacial score (nSPS) is 16.0. The molecule has 0 saturated carbocycles. The summed E-state index contributed by atoms with van der Waals surface area (Å²) in [6, 6.07) is 17.5. The molecule has 2 aromatic rings. The highest BCUT2D eigenvalue weighted by Gasteiger charge is 2.24. The molecule has 1 unspecified atom stereocenters. The number of benzene rings is 2. The van der Waals surface area contributed by atoms with E-state index >= 15 is 0 Å². The van der Waals surface area contributed by atoms with E-state index in [9.17, 15) is 4.79 Å². The molecule has 0 aliphatic carbocycles. The van der Waals surface area contributed by atoms with Crippen molar-refractivity contribution in [3.05, 3.63) is 70.7 Å². The van der Waals surface area contributed by atoms with Gasteiger partial charge in [0, 0.05) is 31.2 Å². The fraction of sp³-hybridized carbons (Fsp3) is 0.350. The van der Waals surface area contributed by atoms with E-state index in [2.05, 4.69) is 15.5 Å². The Labute approximate surface area is 159 Å². The van der Waals surface area contributed by atoms with Gasteiger partial charge in [-0.2, -0.15) is 0 Å². The average Bonchev–Trinajstić information content (AvgIpc) is 2.69. The van der Waals surface area contributed by atoms with Gasteiger partial charge < -0.3 is 15.4 Å². The van der Waals surface area contributed by atoms with Crippen LogP contribution in [0, 0.1) is 0 Å². The Morgan fingerprint density at radius 1 is 1.04 bits per heavy atom. The lowest BCUT2D eigenvalue weighted by Crippen LogP contribution is -2.45. The minimum absolute atomic E-state index is 0.0232. The van der Waals surface area contributed by atoms with Crippen molar-refractivity contribution >= 4 is 17.6 Å². The van der Waals surface area contributed by atoms with Gasteiger partial charge >= 0.3 is 6.03 Å². The van der Waals surface area contributed by atoms with Gasteiger partial charge in [-0.25, -0.2) is 4.79 Å². The molecule has 1 aliphatic rings. The van der Waals surface area contributed by atoms with Crippen LogP contribution < -0.4 is 10.6 Å². The fourth-order valence-electron chi connectivity index (χ4n) is 3.10. The van der Waals surface area contributed by atoms with Crippen molar-refractivity contribution < 1.29 is 9.53 Å². The Bertz CT molecular complexity index is 705. The number of morpholine rings is 1. The molecular formula is C20H24ClN3O2. The van der Waals surface area contributed by atoms with Gasteiger partial charge in [-0.05, 0) is 17.2 Å².